The maximum absolute atomic E-state index is 3.69. The van der Waals surface area contributed by atoms with Crippen molar-refractivity contribution in [2.24, 2.45) is 0 Å². The van der Waals surface area contributed by atoms with Gasteiger partial charge in [0.15, 0.2) is 0 Å². The average Bonchev–Trinajstić information content (AvgIpc) is 3.63. The van der Waals surface area contributed by atoms with Gasteiger partial charge in [0.05, 0.1) is 5.69 Å². The zero-order chi connectivity index (χ0) is 31.5. The molecule has 6 aliphatic rings. The Kier molecular flexibility index (Phi) is 7.90. The summed E-state index contributed by atoms with van der Waals surface area (Å²) in [6.07, 6.45) is 13.6. The van der Waals surface area contributed by atoms with Crippen molar-refractivity contribution < 1.29 is 0 Å². The lowest BCUT2D eigenvalue weighted by Gasteiger charge is -2.31. The molecule has 3 heteroatoms. The lowest BCUT2D eigenvalue weighted by Crippen LogP contribution is -2.13. The van der Waals surface area contributed by atoms with E-state index in [1.807, 2.05) is 0 Å². The first kappa shape index (κ1) is 30.0. The molecule has 47 heavy (non-hydrogen) atoms. The van der Waals surface area contributed by atoms with E-state index in [2.05, 4.69) is 140 Å². The summed E-state index contributed by atoms with van der Waals surface area (Å²) in [6.45, 7) is 0. The largest absolute Gasteiger partial charge is 0.310 e. The Bertz CT molecular complexity index is 1890. The second-order valence-corrected chi connectivity index (χ2v) is 16.3. The van der Waals surface area contributed by atoms with E-state index in [-0.39, 0.29) is 0 Å². The Morgan fingerprint density at radius 2 is 0.830 bits per heavy atom. The highest BCUT2D eigenvalue weighted by Gasteiger charge is 2.32. The molecule has 0 radical (unpaired) electrons. The van der Waals surface area contributed by atoms with Crippen LogP contribution in [0.4, 0.5) is 17.1 Å². The molecule has 1 nitrogen and oxygen atoms in total. The summed E-state index contributed by atoms with van der Waals surface area (Å²) in [5.74, 6) is 2.92. The lowest BCUT2D eigenvalue weighted by atomic mass is 9.77. The van der Waals surface area contributed by atoms with Gasteiger partial charge in [-0.25, -0.2) is 0 Å². The van der Waals surface area contributed by atoms with Crippen molar-refractivity contribution in [3.8, 4) is 22.3 Å². The molecule has 5 aromatic carbocycles. The minimum atomic E-state index is 0.704. The standard InChI is InChI=1S/C44H41Br2N/c45-35-14-18-37(19-15-35)47(38-20-16-36(46)17-21-38)44-27-33(32-11-22-39-28-3-1-5-30(9-7-28)42(39)25-32)12-24-41(44)34-13-23-40-29-4-2-6-31(10-8-29)43(40)26-34/h11-31H,1-10H2. The van der Waals surface area contributed by atoms with Crippen molar-refractivity contribution in [3.05, 3.63) is 134 Å². The fourth-order valence-electron chi connectivity index (χ4n) is 9.54. The van der Waals surface area contributed by atoms with Gasteiger partial charge < -0.3 is 4.90 Å². The summed E-state index contributed by atoms with van der Waals surface area (Å²) in [7, 11) is 0. The van der Waals surface area contributed by atoms with Crippen molar-refractivity contribution in [2.45, 2.75) is 87.9 Å². The third-order valence-corrected chi connectivity index (χ3v) is 13.0. The molecule has 0 heterocycles. The van der Waals surface area contributed by atoms with Crippen LogP contribution in [-0.4, -0.2) is 0 Å². The second-order valence-electron chi connectivity index (χ2n) is 14.5. The topological polar surface area (TPSA) is 3.24 Å². The number of halogens is 2. The van der Waals surface area contributed by atoms with Gasteiger partial charge in [-0.05, 0) is 169 Å². The quantitative estimate of drug-likeness (QED) is 0.173. The molecule has 0 amide bonds. The molecule has 0 N–H and O–H groups in total. The molecule has 4 bridgehead atoms. The first-order valence-electron chi connectivity index (χ1n) is 17.8. The van der Waals surface area contributed by atoms with Gasteiger partial charge in [-0.1, -0.05) is 93.2 Å². The van der Waals surface area contributed by atoms with Crippen LogP contribution >= 0.6 is 31.9 Å². The van der Waals surface area contributed by atoms with Gasteiger partial charge in [0, 0.05) is 25.9 Å². The SMILES string of the molecule is Brc1ccc(N(c2ccc(Br)cc2)c2cc(-c3ccc4c(c3)C3CCCC4CC3)ccc2-c2ccc3c(c2)C2CCCC3CC2)cc1. The predicted molar refractivity (Wildman–Crippen MR) is 205 cm³/mol. The highest BCUT2D eigenvalue weighted by molar-refractivity contribution is 9.10. The molecule has 2 saturated carbocycles. The number of hydrogen-bond acceptors (Lipinski definition) is 1. The summed E-state index contributed by atoms with van der Waals surface area (Å²) >= 11 is 7.38. The number of fused-ring (bicyclic) bond motifs is 6. The lowest BCUT2D eigenvalue weighted by molar-refractivity contribution is 0.527. The van der Waals surface area contributed by atoms with Crippen molar-refractivity contribution >= 4 is 48.9 Å². The van der Waals surface area contributed by atoms with Crippen molar-refractivity contribution in [1.82, 2.24) is 0 Å². The van der Waals surface area contributed by atoms with Gasteiger partial charge in [0.1, 0.15) is 0 Å². The van der Waals surface area contributed by atoms with Crippen LogP contribution in [0, 0.1) is 0 Å². The smallest absolute Gasteiger partial charge is 0.0546 e. The van der Waals surface area contributed by atoms with Gasteiger partial charge in [0.2, 0.25) is 0 Å². The second kappa shape index (κ2) is 12.4. The highest BCUT2D eigenvalue weighted by Crippen LogP contribution is 2.51. The van der Waals surface area contributed by atoms with E-state index >= 15 is 0 Å². The molecule has 4 unspecified atom stereocenters. The fourth-order valence-corrected chi connectivity index (χ4v) is 10.1. The summed E-state index contributed by atoms with van der Waals surface area (Å²) in [5, 5.41) is 0. The van der Waals surface area contributed by atoms with Crippen LogP contribution in [0.15, 0.2) is 112 Å². The minimum Gasteiger partial charge on any atom is -0.310 e. The Hall–Kier alpha value is -3.14. The molecule has 4 atom stereocenters. The van der Waals surface area contributed by atoms with Crippen LogP contribution in [0.5, 0.6) is 0 Å². The van der Waals surface area contributed by atoms with Crippen LogP contribution in [0.25, 0.3) is 22.3 Å². The molecule has 0 aromatic heterocycles. The van der Waals surface area contributed by atoms with Crippen LogP contribution in [0.3, 0.4) is 0 Å². The molecular formula is C44H41Br2N. The number of rotatable bonds is 5. The van der Waals surface area contributed by atoms with Crippen molar-refractivity contribution in [1.29, 1.82) is 0 Å². The highest BCUT2D eigenvalue weighted by atomic mass is 79.9. The van der Waals surface area contributed by atoms with E-state index < -0.39 is 0 Å². The van der Waals surface area contributed by atoms with Crippen LogP contribution in [0.1, 0.15) is 110 Å². The molecule has 11 rings (SSSR count). The third-order valence-electron chi connectivity index (χ3n) is 11.9. The molecule has 236 valence electrons. The Labute approximate surface area is 296 Å². The van der Waals surface area contributed by atoms with E-state index in [0.717, 1.165) is 38.1 Å². The maximum Gasteiger partial charge on any atom is 0.0546 e. The van der Waals surface area contributed by atoms with E-state index in [1.54, 1.807) is 22.3 Å². The Morgan fingerprint density at radius 1 is 0.404 bits per heavy atom. The first-order valence-corrected chi connectivity index (χ1v) is 19.4. The van der Waals surface area contributed by atoms with Crippen LogP contribution < -0.4 is 4.90 Å². The molecule has 2 fully saturated rings. The number of hydrogen-bond donors (Lipinski definition) is 0. The normalized spacial score (nSPS) is 22.7. The van der Waals surface area contributed by atoms with Gasteiger partial charge in [0.25, 0.3) is 0 Å². The third kappa shape index (κ3) is 5.52. The summed E-state index contributed by atoms with van der Waals surface area (Å²) in [5.41, 5.74) is 15.3. The van der Waals surface area contributed by atoms with Crippen LogP contribution in [-0.2, 0) is 0 Å². The van der Waals surface area contributed by atoms with Gasteiger partial charge in [-0.3, -0.25) is 0 Å². The number of benzene rings is 5. The molecule has 0 saturated heterocycles. The van der Waals surface area contributed by atoms with Crippen molar-refractivity contribution in [3.63, 3.8) is 0 Å². The molecule has 0 spiro atoms. The van der Waals surface area contributed by atoms with Gasteiger partial charge in [-0.2, -0.15) is 0 Å². The predicted octanol–water partition coefficient (Wildman–Crippen LogP) is 14.3. The van der Waals surface area contributed by atoms with E-state index in [4.69, 9.17) is 0 Å². The minimum absolute atomic E-state index is 0.704. The van der Waals surface area contributed by atoms with Gasteiger partial charge >= 0.3 is 0 Å². The van der Waals surface area contributed by atoms with E-state index in [0.29, 0.717) is 5.92 Å². The van der Waals surface area contributed by atoms with E-state index in [9.17, 15) is 0 Å². The fraction of sp³-hybridized carbons (Fsp3) is 0.318. The number of nitrogens with zero attached hydrogens (tertiary/aromatic N) is 1. The summed E-state index contributed by atoms with van der Waals surface area (Å²) in [6, 6.07) is 39.7. The maximum atomic E-state index is 3.69. The number of anilines is 3. The molecular weight excluding hydrogens is 702 g/mol. The average molecular weight is 744 g/mol. The summed E-state index contributed by atoms with van der Waals surface area (Å²) < 4.78 is 2.18. The van der Waals surface area contributed by atoms with Gasteiger partial charge in [-0.15, -0.1) is 0 Å². The first-order chi connectivity index (χ1) is 23.1. The zero-order valence-electron chi connectivity index (χ0n) is 26.9. The Morgan fingerprint density at radius 3 is 1.36 bits per heavy atom. The summed E-state index contributed by atoms with van der Waals surface area (Å²) in [4.78, 5) is 2.46. The monoisotopic (exact) mass is 741 g/mol. The van der Waals surface area contributed by atoms with Crippen LogP contribution in [0.2, 0.25) is 0 Å². The molecule has 5 aromatic rings. The van der Waals surface area contributed by atoms with E-state index in [1.165, 1.54) is 92.1 Å². The molecule has 0 aliphatic heterocycles. The Balaban J connectivity index is 1.24. The molecule has 6 aliphatic carbocycles. The van der Waals surface area contributed by atoms with Crippen molar-refractivity contribution in [2.75, 3.05) is 4.90 Å². The zero-order valence-corrected chi connectivity index (χ0v) is 30.1.